The van der Waals surface area contributed by atoms with Gasteiger partial charge in [0.05, 0.1) is 5.25 Å². The van der Waals surface area contributed by atoms with E-state index in [1.54, 1.807) is 0 Å². The molecule has 138 valence electrons. The summed E-state index contributed by atoms with van der Waals surface area (Å²) in [6.07, 6.45) is 0.907. The van der Waals surface area contributed by atoms with Gasteiger partial charge >= 0.3 is 0 Å². The Labute approximate surface area is 167 Å². The zero-order valence-electron chi connectivity index (χ0n) is 15.1. The highest BCUT2D eigenvalue weighted by atomic mass is 35.5. The fourth-order valence-electron chi connectivity index (χ4n) is 3.26. The quantitative estimate of drug-likeness (QED) is 0.618. The highest BCUT2D eigenvalue weighted by molar-refractivity contribution is 8.00. The number of carbonyl (C=O) groups is 1. The van der Waals surface area contributed by atoms with Gasteiger partial charge in [-0.2, -0.15) is 0 Å². The second-order valence-electron chi connectivity index (χ2n) is 6.50. The van der Waals surface area contributed by atoms with Crippen molar-refractivity contribution < 1.29 is 4.79 Å². The van der Waals surface area contributed by atoms with Crippen molar-refractivity contribution >= 4 is 35.0 Å². The topological polar surface area (TPSA) is 51.0 Å². The van der Waals surface area contributed by atoms with E-state index in [4.69, 9.17) is 11.6 Å². The molecule has 1 amide bonds. The molecule has 1 atom stereocenters. The van der Waals surface area contributed by atoms with E-state index < -0.39 is 0 Å². The summed E-state index contributed by atoms with van der Waals surface area (Å²) in [5.74, 6) is 0.848. The summed E-state index contributed by atoms with van der Waals surface area (Å²) in [5, 5.41) is 9.71. The minimum atomic E-state index is -0.253. The van der Waals surface area contributed by atoms with E-state index in [2.05, 4.69) is 16.3 Å². The van der Waals surface area contributed by atoms with Crippen molar-refractivity contribution in [2.24, 2.45) is 7.05 Å². The van der Waals surface area contributed by atoms with Crippen LogP contribution < -0.4 is 4.90 Å². The number of thioether (sulfide) groups is 1. The summed E-state index contributed by atoms with van der Waals surface area (Å²) < 4.78 is 1.91. The maximum atomic E-state index is 13.0. The molecule has 27 heavy (non-hydrogen) atoms. The number of rotatable bonds is 4. The molecule has 0 aliphatic carbocycles. The number of anilines is 1. The molecule has 0 radical (unpaired) electrons. The molecule has 4 rings (SSSR count). The summed E-state index contributed by atoms with van der Waals surface area (Å²) >= 11 is 7.39. The van der Waals surface area contributed by atoms with Crippen LogP contribution >= 0.6 is 23.4 Å². The second kappa shape index (κ2) is 7.37. The van der Waals surface area contributed by atoms with Gasteiger partial charge in [-0.1, -0.05) is 41.6 Å². The summed E-state index contributed by atoms with van der Waals surface area (Å²) in [6.45, 7) is 2.66. The fourth-order valence-corrected chi connectivity index (χ4v) is 4.27. The first-order chi connectivity index (χ1) is 13.0. The van der Waals surface area contributed by atoms with Gasteiger partial charge in [-0.3, -0.25) is 4.79 Å². The van der Waals surface area contributed by atoms with E-state index in [1.165, 1.54) is 17.3 Å². The number of amides is 1. The lowest BCUT2D eigenvalue weighted by molar-refractivity contribution is -0.117. The smallest absolute Gasteiger partial charge is 0.240 e. The first kappa shape index (κ1) is 18.1. The molecule has 7 heteroatoms. The van der Waals surface area contributed by atoms with Crippen LogP contribution in [0.1, 0.15) is 12.5 Å². The zero-order valence-corrected chi connectivity index (χ0v) is 16.7. The van der Waals surface area contributed by atoms with Gasteiger partial charge < -0.3 is 9.47 Å². The highest BCUT2D eigenvalue weighted by Gasteiger charge is 2.29. The van der Waals surface area contributed by atoms with Gasteiger partial charge in [0.2, 0.25) is 5.91 Å². The van der Waals surface area contributed by atoms with Crippen LogP contribution in [-0.4, -0.2) is 32.5 Å². The fraction of sp³-hybridized carbons (Fsp3) is 0.250. The van der Waals surface area contributed by atoms with Crippen LogP contribution in [0.5, 0.6) is 0 Å². The monoisotopic (exact) mass is 398 g/mol. The van der Waals surface area contributed by atoms with Crippen LogP contribution in [0.25, 0.3) is 11.4 Å². The zero-order chi connectivity index (χ0) is 19.0. The maximum absolute atomic E-state index is 13.0. The summed E-state index contributed by atoms with van der Waals surface area (Å²) in [6, 6.07) is 15.6. The van der Waals surface area contributed by atoms with Crippen LogP contribution in [-0.2, 0) is 18.3 Å². The lowest BCUT2D eigenvalue weighted by atomic mass is 10.2. The van der Waals surface area contributed by atoms with Crippen LogP contribution in [0.15, 0.2) is 53.7 Å². The van der Waals surface area contributed by atoms with Crippen LogP contribution in [0.3, 0.4) is 0 Å². The van der Waals surface area contributed by atoms with E-state index >= 15 is 0 Å². The van der Waals surface area contributed by atoms with E-state index in [0.29, 0.717) is 10.2 Å². The van der Waals surface area contributed by atoms with Crippen molar-refractivity contribution in [3.63, 3.8) is 0 Å². The van der Waals surface area contributed by atoms with Gasteiger partial charge in [0.25, 0.3) is 0 Å². The molecule has 0 fully saturated rings. The van der Waals surface area contributed by atoms with Crippen LogP contribution in [0.4, 0.5) is 5.69 Å². The Balaban J connectivity index is 1.51. The third-order valence-corrected chi connectivity index (χ3v) is 6.09. The van der Waals surface area contributed by atoms with E-state index in [-0.39, 0.29) is 11.2 Å². The number of hydrogen-bond donors (Lipinski definition) is 0. The average Bonchev–Trinajstić information content (AvgIpc) is 3.26. The second-order valence-corrected chi connectivity index (χ2v) is 8.25. The van der Waals surface area contributed by atoms with Crippen molar-refractivity contribution in [3.8, 4) is 11.4 Å². The normalized spacial score (nSPS) is 14.3. The maximum Gasteiger partial charge on any atom is 0.240 e. The summed E-state index contributed by atoms with van der Waals surface area (Å²) in [5.41, 5.74) is 3.19. The van der Waals surface area contributed by atoms with Crippen molar-refractivity contribution in [3.05, 3.63) is 59.1 Å². The minimum Gasteiger partial charge on any atom is -0.311 e. The van der Waals surface area contributed by atoms with E-state index in [0.717, 1.165) is 30.0 Å². The van der Waals surface area contributed by atoms with Crippen LogP contribution in [0, 0.1) is 0 Å². The molecule has 2 aromatic carbocycles. The number of hydrogen-bond acceptors (Lipinski definition) is 4. The molecule has 5 nitrogen and oxygen atoms in total. The molecular formula is C20H19ClN4OS. The predicted molar refractivity (Wildman–Crippen MR) is 109 cm³/mol. The van der Waals surface area contributed by atoms with E-state index in [1.807, 2.05) is 65.9 Å². The summed E-state index contributed by atoms with van der Waals surface area (Å²) in [7, 11) is 1.91. The highest BCUT2D eigenvalue weighted by Crippen LogP contribution is 2.32. The number of fused-ring (bicyclic) bond motifs is 1. The number of halogens is 1. The lowest BCUT2D eigenvalue weighted by Gasteiger charge is -2.21. The molecule has 0 N–H and O–H groups in total. The van der Waals surface area contributed by atoms with Gasteiger partial charge in [-0.25, -0.2) is 0 Å². The SMILES string of the molecule is C[C@@H](Sc1nnc(-c2ccc(Cl)cc2)n1C)C(=O)N1CCc2ccccc21. The van der Waals surface area contributed by atoms with Gasteiger partial charge in [-0.05, 0) is 49.2 Å². The number of aromatic nitrogens is 3. The molecule has 0 saturated carbocycles. The third kappa shape index (κ3) is 3.47. The standard InChI is InChI=1S/C20H19ClN4OS/c1-13(19(26)25-12-11-14-5-3-4-6-17(14)25)27-20-23-22-18(24(20)2)15-7-9-16(21)10-8-15/h3-10,13H,11-12H2,1-2H3/t13-/m1/s1. The summed E-state index contributed by atoms with van der Waals surface area (Å²) in [4.78, 5) is 14.8. The Morgan fingerprint density at radius 3 is 2.67 bits per heavy atom. The Kier molecular flexibility index (Phi) is 4.93. The molecule has 0 unspecified atom stereocenters. The molecule has 0 spiro atoms. The predicted octanol–water partition coefficient (Wildman–Crippen LogP) is 4.21. The number of carbonyl (C=O) groups excluding carboxylic acids is 1. The Morgan fingerprint density at radius 1 is 1.15 bits per heavy atom. The number of benzene rings is 2. The molecule has 2 heterocycles. The van der Waals surface area contributed by atoms with Crippen molar-refractivity contribution in [1.29, 1.82) is 0 Å². The van der Waals surface area contributed by atoms with Gasteiger partial charge in [0.1, 0.15) is 0 Å². The van der Waals surface area contributed by atoms with Crippen molar-refractivity contribution in [2.75, 3.05) is 11.4 Å². The molecule has 1 aromatic heterocycles. The molecule has 1 aliphatic rings. The minimum absolute atomic E-state index is 0.0981. The number of para-hydroxylation sites is 1. The molecule has 0 saturated heterocycles. The first-order valence-corrected chi connectivity index (χ1v) is 10.0. The van der Waals surface area contributed by atoms with Gasteiger partial charge in [0, 0.05) is 29.9 Å². The molecule has 1 aliphatic heterocycles. The Bertz CT molecular complexity index is 986. The Hall–Kier alpha value is -2.31. The number of nitrogens with zero attached hydrogens (tertiary/aromatic N) is 4. The first-order valence-electron chi connectivity index (χ1n) is 8.76. The molecular weight excluding hydrogens is 380 g/mol. The molecule has 3 aromatic rings. The van der Waals surface area contributed by atoms with Crippen molar-refractivity contribution in [2.45, 2.75) is 23.8 Å². The Morgan fingerprint density at radius 2 is 1.89 bits per heavy atom. The van der Waals surface area contributed by atoms with Crippen LogP contribution in [0.2, 0.25) is 5.02 Å². The third-order valence-electron chi connectivity index (χ3n) is 4.72. The van der Waals surface area contributed by atoms with E-state index in [9.17, 15) is 4.79 Å². The van der Waals surface area contributed by atoms with Gasteiger partial charge in [0.15, 0.2) is 11.0 Å². The largest absolute Gasteiger partial charge is 0.311 e. The van der Waals surface area contributed by atoms with Gasteiger partial charge in [-0.15, -0.1) is 10.2 Å². The van der Waals surface area contributed by atoms with Crippen molar-refractivity contribution in [1.82, 2.24) is 14.8 Å². The molecule has 0 bridgehead atoms. The lowest BCUT2D eigenvalue weighted by Crippen LogP contribution is -2.35. The average molecular weight is 399 g/mol.